The first-order chi connectivity index (χ1) is 15.0. The summed E-state index contributed by atoms with van der Waals surface area (Å²) in [6, 6.07) is 19.2. The van der Waals surface area contributed by atoms with Crippen LogP contribution in [0.2, 0.25) is 0 Å². The van der Waals surface area contributed by atoms with Crippen molar-refractivity contribution in [1.29, 1.82) is 0 Å². The molecule has 0 fully saturated rings. The van der Waals surface area contributed by atoms with Crippen molar-refractivity contribution in [3.63, 3.8) is 0 Å². The highest BCUT2D eigenvalue weighted by Gasteiger charge is 2.20. The number of amides is 1. The molecule has 0 aliphatic carbocycles. The van der Waals surface area contributed by atoms with Crippen molar-refractivity contribution in [1.82, 2.24) is 0 Å². The Morgan fingerprint density at radius 3 is 2.32 bits per heavy atom. The fourth-order valence-electron chi connectivity index (χ4n) is 3.36. The van der Waals surface area contributed by atoms with E-state index in [2.05, 4.69) is 5.32 Å². The fraction of sp³-hybridized carbons (Fsp3) is 0.120. The third kappa shape index (κ3) is 3.88. The Bertz CT molecular complexity index is 1320. The van der Waals surface area contributed by atoms with Crippen molar-refractivity contribution in [3.05, 3.63) is 88.1 Å². The summed E-state index contributed by atoms with van der Waals surface area (Å²) >= 11 is 0. The van der Waals surface area contributed by atoms with Gasteiger partial charge in [-0.25, -0.2) is 0 Å². The van der Waals surface area contributed by atoms with Gasteiger partial charge in [0.2, 0.25) is 11.3 Å². The van der Waals surface area contributed by atoms with Gasteiger partial charge in [-0.15, -0.1) is 0 Å². The Morgan fingerprint density at radius 1 is 0.903 bits per heavy atom. The molecule has 0 radical (unpaired) electrons. The number of rotatable bonds is 5. The summed E-state index contributed by atoms with van der Waals surface area (Å²) < 4.78 is 16.6. The zero-order valence-electron chi connectivity index (χ0n) is 17.4. The van der Waals surface area contributed by atoms with E-state index in [9.17, 15) is 9.59 Å². The molecule has 156 valence electrons. The summed E-state index contributed by atoms with van der Waals surface area (Å²) in [6.07, 6.45) is 0. The van der Waals surface area contributed by atoms with Crippen molar-refractivity contribution < 1.29 is 18.7 Å². The van der Waals surface area contributed by atoms with E-state index in [1.807, 2.05) is 19.1 Å². The van der Waals surface area contributed by atoms with Crippen LogP contribution in [0.5, 0.6) is 11.5 Å². The van der Waals surface area contributed by atoms with E-state index in [0.29, 0.717) is 33.6 Å². The van der Waals surface area contributed by atoms with Gasteiger partial charge >= 0.3 is 0 Å². The Morgan fingerprint density at radius 2 is 1.61 bits per heavy atom. The molecule has 0 unspecified atom stereocenters. The third-order valence-corrected chi connectivity index (χ3v) is 5.01. The molecule has 0 aliphatic heterocycles. The minimum Gasteiger partial charge on any atom is -0.493 e. The monoisotopic (exact) mass is 415 g/mol. The molecule has 1 N–H and O–H groups in total. The average Bonchev–Trinajstić information content (AvgIpc) is 2.79. The van der Waals surface area contributed by atoms with Crippen LogP contribution in [0, 0.1) is 6.92 Å². The molecule has 0 bridgehead atoms. The van der Waals surface area contributed by atoms with Gasteiger partial charge in [-0.05, 0) is 48.9 Å². The Kier molecular flexibility index (Phi) is 5.45. The number of fused-ring (bicyclic) bond motifs is 1. The first kappa shape index (κ1) is 20.2. The van der Waals surface area contributed by atoms with Crippen molar-refractivity contribution in [2.45, 2.75) is 6.92 Å². The maximum atomic E-state index is 13.4. The van der Waals surface area contributed by atoms with E-state index >= 15 is 0 Å². The summed E-state index contributed by atoms with van der Waals surface area (Å²) in [5.74, 6) is 0.687. The Balaban J connectivity index is 1.89. The van der Waals surface area contributed by atoms with Crippen LogP contribution in [0.25, 0.3) is 22.1 Å². The van der Waals surface area contributed by atoms with Crippen LogP contribution >= 0.6 is 0 Å². The summed E-state index contributed by atoms with van der Waals surface area (Å²) in [7, 11) is 3.06. The van der Waals surface area contributed by atoms with Crippen LogP contribution in [0.4, 0.5) is 5.88 Å². The van der Waals surface area contributed by atoms with Gasteiger partial charge in [-0.3, -0.25) is 14.9 Å². The lowest BCUT2D eigenvalue weighted by molar-refractivity contribution is 0.102. The number of hydrogen-bond donors (Lipinski definition) is 1. The van der Waals surface area contributed by atoms with Gasteiger partial charge in [0.1, 0.15) is 5.58 Å². The molecule has 6 heteroatoms. The molecule has 31 heavy (non-hydrogen) atoms. The number of benzene rings is 3. The number of ether oxygens (including phenoxy) is 2. The van der Waals surface area contributed by atoms with Crippen LogP contribution in [-0.2, 0) is 0 Å². The minimum absolute atomic E-state index is 0.0708. The molecule has 1 amide bonds. The number of aryl methyl sites for hydroxylation is 1. The van der Waals surface area contributed by atoms with E-state index in [0.717, 1.165) is 5.56 Å². The van der Waals surface area contributed by atoms with Gasteiger partial charge in [0.25, 0.3) is 5.91 Å². The van der Waals surface area contributed by atoms with E-state index in [-0.39, 0.29) is 22.8 Å². The maximum Gasteiger partial charge on any atom is 0.257 e. The molecular formula is C25H21NO5. The predicted octanol–water partition coefficient (Wildman–Crippen LogP) is 5.04. The van der Waals surface area contributed by atoms with Crippen LogP contribution < -0.4 is 20.2 Å². The van der Waals surface area contributed by atoms with Crippen LogP contribution in [-0.4, -0.2) is 20.1 Å². The number of methoxy groups -OCH3 is 2. The molecular weight excluding hydrogens is 394 g/mol. The SMILES string of the molecule is COc1ccc(-c2c(NC(=O)c3ccc(C)cc3)oc3ccccc3c2=O)cc1OC. The van der Waals surface area contributed by atoms with Crippen molar-refractivity contribution in [3.8, 4) is 22.6 Å². The molecule has 0 saturated heterocycles. The lowest BCUT2D eigenvalue weighted by Gasteiger charge is -2.13. The van der Waals surface area contributed by atoms with Crippen LogP contribution in [0.15, 0.2) is 75.9 Å². The van der Waals surface area contributed by atoms with Gasteiger partial charge in [-0.2, -0.15) is 0 Å². The maximum absolute atomic E-state index is 13.4. The van der Waals surface area contributed by atoms with Crippen LogP contribution in [0.1, 0.15) is 15.9 Å². The number of carbonyl (C=O) groups excluding carboxylic acids is 1. The summed E-state index contributed by atoms with van der Waals surface area (Å²) in [6.45, 7) is 1.94. The van der Waals surface area contributed by atoms with E-state index in [1.165, 1.54) is 14.2 Å². The van der Waals surface area contributed by atoms with E-state index in [1.54, 1.807) is 54.6 Å². The van der Waals surface area contributed by atoms with Gasteiger partial charge in [0.05, 0.1) is 25.2 Å². The van der Waals surface area contributed by atoms with Crippen LogP contribution in [0.3, 0.4) is 0 Å². The Hall–Kier alpha value is -4.06. The molecule has 4 rings (SSSR count). The Labute approximate surface area is 179 Å². The number of para-hydroxylation sites is 1. The highest BCUT2D eigenvalue weighted by atomic mass is 16.5. The molecule has 1 aromatic heterocycles. The first-order valence-corrected chi connectivity index (χ1v) is 9.68. The van der Waals surface area contributed by atoms with Crippen molar-refractivity contribution in [2.24, 2.45) is 0 Å². The van der Waals surface area contributed by atoms with E-state index in [4.69, 9.17) is 13.9 Å². The fourth-order valence-corrected chi connectivity index (χ4v) is 3.36. The number of anilines is 1. The predicted molar refractivity (Wildman–Crippen MR) is 120 cm³/mol. The van der Waals surface area contributed by atoms with Gasteiger partial charge in [-0.1, -0.05) is 35.9 Å². The standard InChI is InChI=1S/C25H21NO5/c1-15-8-10-16(11-9-15)24(28)26-25-22(17-12-13-20(29-2)21(14-17)30-3)23(27)18-6-4-5-7-19(18)31-25/h4-14H,1-3H3,(H,26,28). The molecule has 4 aromatic rings. The van der Waals surface area contributed by atoms with Crippen molar-refractivity contribution >= 4 is 22.8 Å². The second-order valence-corrected chi connectivity index (χ2v) is 7.02. The smallest absolute Gasteiger partial charge is 0.257 e. The minimum atomic E-state index is -0.375. The van der Waals surface area contributed by atoms with Gasteiger partial charge in [0.15, 0.2) is 11.5 Å². The summed E-state index contributed by atoms with van der Waals surface area (Å²) in [4.78, 5) is 26.2. The van der Waals surface area contributed by atoms with E-state index < -0.39 is 0 Å². The zero-order valence-corrected chi connectivity index (χ0v) is 17.4. The molecule has 0 saturated carbocycles. The normalized spacial score (nSPS) is 10.7. The second-order valence-electron chi connectivity index (χ2n) is 7.02. The lowest BCUT2D eigenvalue weighted by atomic mass is 10.0. The second kappa shape index (κ2) is 8.36. The third-order valence-electron chi connectivity index (χ3n) is 5.01. The summed E-state index contributed by atoms with van der Waals surface area (Å²) in [5.41, 5.74) is 2.40. The molecule has 0 atom stereocenters. The lowest BCUT2D eigenvalue weighted by Crippen LogP contribution is -2.16. The topological polar surface area (TPSA) is 77.8 Å². The molecule has 3 aromatic carbocycles. The molecule has 0 aliphatic rings. The van der Waals surface area contributed by atoms with Gasteiger partial charge < -0.3 is 13.9 Å². The quantitative estimate of drug-likeness (QED) is 0.494. The zero-order chi connectivity index (χ0) is 22.0. The first-order valence-electron chi connectivity index (χ1n) is 9.68. The molecule has 6 nitrogen and oxygen atoms in total. The highest BCUT2D eigenvalue weighted by Crippen LogP contribution is 2.35. The molecule has 1 heterocycles. The highest BCUT2D eigenvalue weighted by molar-refractivity contribution is 6.06. The number of nitrogens with one attached hydrogen (secondary N) is 1. The van der Waals surface area contributed by atoms with Crippen molar-refractivity contribution in [2.75, 3.05) is 19.5 Å². The summed E-state index contributed by atoms with van der Waals surface area (Å²) in [5, 5.41) is 3.18. The molecule has 0 spiro atoms. The average molecular weight is 415 g/mol. The number of carbonyl (C=O) groups is 1. The number of hydrogen-bond acceptors (Lipinski definition) is 5. The largest absolute Gasteiger partial charge is 0.493 e. The van der Waals surface area contributed by atoms with Gasteiger partial charge in [0, 0.05) is 5.56 Å².